The van der Waals surface area contributed by atoms with Crippen LogP contribution in [-0.4, -0.2) is 31.3 Å². The first-order valence-corrected chi connectivity index (χ1v) is 11.5. The Labute approximate surface area is 201 Å². The van der Waals surface area contributed by atoms with Crippen molar-refractivity contribution in [2.24, 2.45) is 0 Å². The maximum Gasteiger partial charge on any atom is 0.416 e. The van der Waals surface area contributed by atoms with Crippen molar-refractivity contribution in [3.8, 4) is 0 Å². The van der Waals surface area contributed by atoms with Crippen LogP contribution in [0.15, 0.2) is 36.7 Å². The first-order chi connectivity index (χ1) is 16.6. The van der Waals surface area contributed by atoms with E-state index < -0.39 is 17.8 Å². The van der Waals surface area contributed by atoms with Gasteiger partial charge in [0.05, 0.1) is 47.4 Å². The van der Waals surface area contributed by atoms with Gasteiger partial charge in [-0.25, -0.2) is 4.98 Å². The number of hydrogen-bond acceptors (Lipinski definition) is 6. The molecule has 7 nitrogen and oxygen atoms in total. The van der Waals surface area contributed by atoms with Crippen LogP contribution >= 0.6 is 0 Å². The van der Waals surface area contributed by atoms with E-state index >= 15 is 0 Å². The molecule has 0 unspecified atom stereocenters. The summed E-state index contributed by atoms with van der Waals surface area (Å²) >= 11 is 0. The van der Waals surface area contributed by atoms with Gasteiger partial charge in [0.15, 0.2) is 5.82 Å². The number of rotatable bonds is 4. The highest BCUT2D eigenvalue weighted by Gasteiger charge is 2.33. The number of halogens is 3. The largest absolute Gasteiger partial charge is 0.416 e. The number of pyridine rings is 1. The number of imidazole rings is 1. The fourth-order valence-corrected chi connectivity index (χ4v) is 4.78. The molecule has 4 aromatic rings. The average molecular weight is 482 g/mol. The molecule has 1 atom stereocenters. The van der Waals surface area contributed by atoms with Crippen molar-refractivity contribution in [1.82, 2.24) is 24.7 Å². The normalized spacial score (nSPS) is 14.8. The number of hydrogen-bond donors (Lipinski definition) is 1. The van der Waals surface area contributed by atoms with E-state index in [1.807, 2.05) is 26.1 Å². The molecule has 0 bridgehead atoms. The molecule has 182 valence electrons. The first kappa shape index (κ1) is 23.1. The summed E-state index contributed by atoms with van der Waals surface area (Å²) in [5, 5.41) is 12.3. The van der Waals surface area contributed by atoms with Crippen molar-refractivity contribution in [2.75, 3.05) is 16.8 Å². The minimum atomic E-state index is -4.40. The van der Waals surface area contributed by atoms with Gasteiger partial charge in [0, 0.05) is 24.2 Å². The van der Waals surface area contributed by atoms with Crippen molar-refractivity contribution in [1.29, 1.82) is 0 Å². The number of nitrogens with one attached hydrogen (secondary N) is 1. The zero-order valence-electron chi connectivity index (χ0n) is 20.0. The molecule has 35 heavy (non-hydrogen) atoms. The minimum absolute atomic E-state index is 0.196. The van der Waals surface area contributed by atoms with Crippen LogP contribution in [-0.2, 0) is 19.3 Å². The third-order valence-corrected chi connectivity index (χ3v) is 6.83. The molecule has 10 heteroatoms. The highest BCUT2D eigenvalue weighted by molar-refractivity contribution is 5.90. The number of fused-ring (bicyclic) bond motifs is 2. The monoisotopic (exact) mass is 481 g/mol. The lowest BCUT2D eigenvalue weighted by Crippen LogP contribution is -2.34. The van der Waals surface area contributed by atoms with Crippen LogP contribution in [0.3, 0.4) is 0 Å². The molecule has 0 saturated heterocycles. The molecule has 1 aromatic carbocycles. The second-order valence-corrected chi connectivity index (χ2v) is 8.98. The lowest BCUT2D eigenvalue weighted by Gasteiger charge is -2.30. The van der Waals surface area contributed by atoms with Crippen LogP contribution in [0.5, 0.6) is 0 Å². The number of alkyl halides is 3. The highest BCUT2D eigenvalue weighted by atomic mass is 19.4. The summed E-state index contributed by atoms with van der Waals surface area (Å²) in [6, 6.07) is 5.82. The molecular weight excluding hydrogens is 455 g/mol. The third kappa shape index (κ3) is 4.17. The summed E-state index contributed by atoms with van der Waals surface area (Å²) in [6.45, 7) is 9.74. The number of benzene rings is 1. The van der Waals surface area contributed by atoms with E-state index in [0.29, 0.717) is 23.4 Å². The molecule has 1 N–H and O–H groups in total. The van der Waals surface area contributed by atoms with E-state index in [9.17, 15) is 13.2 Å². The summed E-state index contributed by atoms with van der Waals surface area (Å²) in [6.07, 6.45) is -1.01. The third-order valence-electron chi connectivity index (χ3n) is 6.83. The van der Waals surface area contributed by atoms with Gasteiger partial charge < -0.3 is 14.8 Å². The molecule has 0 radical (unpaired) electrons. The van der Waals surface area contributed by atoms with Crippen molar-refractivity contribution in [3.63, 3.8) is 0 Å². The van der Waals surface area contributed by atoms with Crippen LogP contribution in [0, 0.1) is 20.8 Å². The van der Waals surface area contributed by atoms with Gasteiger partial charge in [-0.1, -0.05) is 12.1 Å². The first-order valence-electron chi connectivity index (χ1n) is 11.5. The van der Waals surface area contributed by atoms with Gasteiger partial charge in [0.2, 0.25) is 0 Å². The maximum atomic E-state index is 13.4. The average Bonchev–Trinajstić information content (AvgIpc) is 3.11. The quantitative estimate of drug-likeness (QED) is 0.423. The second kappa shape index (κ2) is 8.51. The van der Waals surface area contributed by atoms with E-state index in [2.05, 4.69) is 36.9 Å². The summed E-state index contributed by atoms with van der Waals surface area (Å²) in [5.41, 5.74) is 3.93. The molecule has 5 rings (SSSR count). The van der Waals surface area contributed by atoms with Gasteiger partial charge in [-0.2, -0.15) is 18.3 Å². The standard InChI is InChI=1S/C25H26F3N7/c1-14-19(6-5-7-21(14)25(26,27)28)16(3)32-24-20-10-18(11-29-22(20)12-30-33-24)34-8-9-35-17(4)15(2)31-23(35)13-34/h5-7,10-12,16H,8-9,13H2,1-4H3,(H,32,33)/t16-/m1/s1. The van der Waals surface area contributed by atoms with Crippen LogP contribution in [0.1, 0.15) is 46.9 Å². The molecule has 0 spiro atoms. The van der Waals surface area contributed by atoms with E-state index in [1.165, 1.54) is 18.7 Å². The molecule has 0 fully saturated rings. The van der Waals surface area contributed by atoms with E-state index in [0.717, 1.165) is 41.7 Å². The molecule has 0 amide bonds. The SMILES string of the molecule is Cc1nc2n(c1C)CCN(c1cnc3cnnc(N[C@H](C)c4cccc(C(F)(F)F)c4C)c3c1)C2. The van der Waals surface area contributed by atoms with Gasteiger partial charge >= 0.3 is 6.18 Å². The second-order valence-electron chi connectivity index (χ2n) is 8.98. The van der Waals surface area contributed by atoms with Crippen LogP contribution < -0.4 is 10.2 Å². The smallest absolute Gasteiger partial charge is 0.361 e. The van der Waals surface area contributed by atoms with Crippen molar-refractivity contribution in [3.05, 3.63) is 70.6 Å². The van der Waals surface area contributed by atoms with Crippen LogP contribution in [0.4, 0.5) is 24.7 Å². The zero-order chi connectivity index (χ0) is 24.9. The topological polar surface area (TPSA) is 71.8 Å². The van der Waals surface area contributed by atoms with Gasteiger partial charge in [0.1, 0.15) is 5.82 Å². The van der Waals surface area contributed by atoms with Gasteiger partial charge in [-0.3, -0.25) is 4.98 Å². The van der Waals surface area contributed by atoms with Crippen LogP contribution in [0.2, 0.25) is 0 Å². The summed E-state index contributed by atoms with van der Waals surface area (Å²) in [7, 11) is 0. The molecule has 3 aromatic heterocycles. The molecule has 1 aliphatic rings. The van der Waals surface area contributed by atoms with E-state index in [4.69, 9.17) is 4.98 Å². The molecule has 1 aliphatic heterocycles. The van der Waals surface area contributed by atoms with Gasteiger partial charge in [0.25, 0.3) is 0 Å². The molecule has 0 saturated carbocycles. The fraction of sp³-hybridized carbons (Fsp3) is 0.360. The molecule has 0 aliphatic carbocycles. The minimum Gasteiger partial charge on any atom is -0.361 e. The van der Waals surface area contributed by atoms with Crippen LogP contribution in [0.25, 0.3) is 10.9 Å². The molecule has 4 heterocycles. The maximum absolute atomic E-state index is 13.4. The molecular formula is C25H26F3N7. The Morgan fingerprint density at radius 3 is 2.66 bits per heavy atom. The lowest BCUT2D eigenvalue weighted by atomic mass is 9.97. The number of aryl methyl sites for hydroxylation is 1. The Hall–Kier alpha value is -3.69. The fourth-order valence-electron chi connectivity index (χ4n) is 4.78. The number of anilines is 2. The lowest BCUT2D eigenvalue weighted by molar-refractivity contribution is -0.138. The zero-order valence-corrected chi connectivity index (χ0v) is 20.0. The van der Waals surface area contributed by atoms with E-state index in [1.54, 1.807) is 12.3 Å². The Morgan fingerprint density at radius 2 is 1.89 bits per heavy atom. The summed E-state index contributed by atoms with van der Waals surface area (Å²) in [5.74, 6) is 1.50. The summed E-state index contributed by atoms with van der Waals surface area (Å²) in [4.78, 5) is 11.5. The highest BCUT2D eigenvalue weighted by Crippen LogP contribution is 2.36. The van der Waals surface area contributed by atoms with Crippen molar-refractivity contribution >= 4 is 22.4 Å². The van der Waals surface area contributed by atoms with Crippen molar-refractivity contribution in [2.45, 2.75) is 53.0 Å². The number of aromatic nitrogens is 5. The number of nitrogens with zero attached hydrogens (tertiary/aromatic N) is 6. The van der Waals surface area contributed by atoms with Gasteiger partial charge in [-0.05, 0) is 51.0 Å². The summed E-state index contributed by atoms with van der Waals surface area (Å²) < 4.78 is 42.5. The predicted octanol–water partition coefficient (Wildman–Crippen LogP) is 5.36. The Bertz CT molecular complexity index is 1410. The Kier molecular flexibility index (Phi) is 5.61. The van der Waals surface area contributed by atoms with Gasteiger partial charge in [-0.15, -0.1) is 5.10 Å². The predicted molar refractivity (Wildman–Crippen MR) is 128 cm³/mol. The van der Waals surface area contributed by atoms with E-state index in [-0.39, 0.29) is 5.56 Å². The van der Waals surface area contributed by atoms with Crippen molar-refractivity contribution < 1.29 is 13.2 Å². The Morgan fingerprint density at radius 1 is 1.09 bits per heavy atom. The Balaban J connectivity index is 1.46.